The Morgan fingerprint density at radius 1 is 1.13 bits per heavy atom. The number of carbonyl (C=O) groups is 2. The molecule has 0 fully saturated rings. The van der Waals surface area contributed by atoms with E-state index in [2.05, 4.69) is 9.72 Å². The number of aryl methyl sites for hydroxylation is 1. The molecule has 3 rings (SSSR count). The molecule has 0 saturated heterocycles. The number of nitrogens with zero attached hydrogens (tertiary/aromatic N) is 2. The van der Waals surface area contributed by atoms with E-state index >= 15 is 0 Å². The lowest BCUT2D eigenvalue weighted by molar-refractivity contribution is -0.140. The second-order valence-electron chi connectivity index (χ2n) is 6.73. The molecule has 0 spiro atoms. The predicted molar refractivity (Wildman–Crippen MR) is 117 cm³/mol. The summed E-state index contributed by atoms with van der Waals surface area (Å²) in [6.07, 6.45) is 4.00. The summed E-state index contributed by atoms with van der Waals surface area (Å²) in [4.78, 5) is 27.8. The Kier molecular flexibility index (Phi) is 7.19. The normalized spacial score (nSPS) is 12.9. The lowest BCUT2D eigenvalue weighted by Crippen LogP contribution is -2.35. The van der Waals surface area contributed by atoms with Gasteiger partial charge in [-0.25, -0.2) is 4.98 Å². The van der Waals surface area contributed by atoms with Gasteiger partial charge in [0.1, 0.15) is 0 Å². The molecule has 2 aromatic carbocycles. The zero-order chi connectivity index (χ0) is 21.7. The summed E-state index contributed by atoms with van der Waals surface area (Å²) in [6.45, 7) is 0.127. The molecule has 1 heterocycles. The topological polar surface area (TPSA) is 61.2 Å². The molecule has 0 aliphatic carbocycles. The Balaban J connectivity index is 1.93. The lowest BCUT2D eigenvalue weighted by atomic mass is 9.89. The molecule has 156 valence electrons. The molecular formula is C22H19Cl3N2O3. The summed E-state index contributed by atoms with van der Waals surface area (Å²) >= 11 is 19.2. The maximum atomic E-state index is 13.5. The first-order chi connectivity index (χ1) is 14.3. The highest BCUT2D eigenvalue weighted by atomic mass is 35.5. The van der Waals surface area contributed by atoms with E-state index in [1.165, 1.54) is 13.2 Å². The number of carbonyl (C=O) groups excluding carboxylic acids is 2. The first-order valence-corrected chi connectivity index (χ1v) is 10.3. The number of methoxy groups -OCH3 is 1. The third kappa shape index (κ3) is 5.04. The summed E-state index contributed by atoms with van der Waals surface area (Å²) in [5.74, 6) is -0.657. The van der Waals surface area contributed by atoms with E-state index < -0.39 is 4.87 Å². The van der Waals surface area contributed by atoms with Gasteiger partial charge in [0, 0.05) is 23.2 Å². The van der Waals surface area contributed by atoms with Gasteiger partial charge in [-0.15, -0.1) is 11.6 Å². The molecule has 0 aliphatic heterocycles. The van der Waals surface area contributed by atoms with Crippen LogP contribution in [0, 0.1) is 0 Å². The van der Waals surface area contributed by atoms with Gasteiger partial charge < -0.3 is 9.30 Å². The Labute approximate surface area is 189 Å². The van der Waals surface area contributed by atoms with E-state index in [1.807, 2.05) is 18.2 Å². The number of ether oxygens (including phenoxy) is 1. The minimum Gasteiger partial charge on any atom is -0.469 e. The Morgan fingerprint density at radius 3 is 2.53 bits per heavy atom. The molecule has 0 bridgehead atoms. The van der Waals surface area contributed by atoms with Crippen LogP contribution in [0.3, 0.4) is 0 Å². The van der Waals surface area contributed by atoms with E-state index in [-0.39, 0.29) is 35.3 Å². The Hall–Kier alpha value is -2.34. The van der Waals surface area contributed by atoms with Crippen molar-refractivity contribution in [1.29, 1.82) is 0 Å². The fraction of sp³-hybridized carbons (Fsp3) is 0.227. The minimum atomic E-state index is -1.42. The van der Waals surface area contributed by atoms with Gasteiger partial charge in [0.25, 0.3) is 0 Å². The van der Waals surface area contributed by atoms with Crippen LogP contribution >= 0.6 is 34.8 Å². The molecule has 3 aromatic rings. The summed E-state index contributed by atoms with van der Waals surface area (Å²) in [5.41, 5.74) is 1.61. The van der Waals surface area contributed by atoms with Crippen molar-refractivity contribution in [3.05, 3.63) is 87.9 Å². The molecule has 0 saturated carbocycles. The van der Waals surface area contributed by atoms with Crippen molar-refractivity contribution in [1.82, 2.24) is 9.55 Å². The van der Waals surface area contributed by atoms with Gasteiger partial charge in [-0.05, 0) is 23.8 Å². The number of hydrogen-bond acceptors (Lipinski definition) is 4. The average molecular weight is 466 g/mol. The first-order valence-electron chi connectivity index (χ1n) is 9.15. The molecule has 5 nitrogen and oxygen atoms in total. The van der Waals surface area contributed by atoms with E-state index in [0.717, 1.165) is 0 Å². The molecule has 1 aromatic heterocycles. The van der Waals surface area contributed by atoms with Gasteiger partial charge in [0.05, 0.1) is 37.1 Å². The van der Waals surface area contributed by atoms with Crippen molar-refractivity contribution in [2.24, 2.45) is 0 Å². The monoisotopic (exact) mass is 464 g/mol. The molecular weight excluding hydrogens is 447 g/mol. The Bertz CT molecular complexity index is 1050. The maximum Gasteiger partial charge on any atom is 0.305 e. The predicted octanol–water partition coefficient (Wildman–Crippen LogP) is 5.31. The lowest BCUT2D eigenvalue weighted by Gasteiger charge is -2.27. The van der Waals surface area contributed by atoms with Gasteiger partial charge in [-0.1, -0.05) is 53.5 Å². The molecule has 8 heteroatoms. The Morgan fingerprint density at radius 2 is 1.87 bits per heavy atom. The van der Waals surface area contributed by atoms with Gasteiger partial charge in [-0.2, -0.15) is 0 Å². The average Bonchev–Trinajstić information content (AvgIpc) is 3.19. The quantitative estimate of drug-likeness (QED) is 0.257. The van der Waals surface area contributed by atoms with Crippen LogP contribution in [0.5, 0.6) is 0 Å². The standard InChI is InChI=1S/C22H19Cl3N2O3/c1-30-20(28)10-8-17-12-27(14-26-17)13-22(25,15-5-3-2-4-6-15)21(29)18-9-7-16(23)11-19(18)24/h2-7,9,11-12,14H,8,10,13H2,1H3. The van der Waals surface area contributed by atoms with Crippen molar-refractivity contribution in [3.63, 3.8) is 0 Å². The van der Waals surface area contributed by atoms with Crippen molar-refractivity contribution >= 4 is 46.6 Å². The van der Waals surface area contributed by atoms with Crippen LogP contribution in [0.1, 0.15) is 28.0 Å². The second kappa shape index (κ2) is 9.65. The van der Waals surface area contributed by atoms with Gasteiger partial charge in [0.15, 0.2) is 10.7 Å². The van der Waals surface area contributed by atoms with Crippen LogP contribution in [-0.4, -0.2) is 28.4 Å². The van der Waals surface area contributed by atoms with Crippen molar-refractivity contribution in [3.8, 4) is 0 Å². The molecule has 1 atom stereocenters. The molecule has 0 amide bonds. The zero-order valence-corrected chi connectivity index (χ0v) is 18.4. The third-order valence-corrected chi connectivity index (χ3v) is 5.72. The molecule has 30 heavy (non-hydrogen) atoms. The van der Waals surface area contributed by atoms with Crippen LogP contribution in [0.4, 0.5) is 0 Å². The maximum absolute atomic E-state index is 13.5. The summed E-state index contributed by atoms with van der Waals surface area (Å²) < 4.78 is 6.39. The fourth-order valence-electron chi connectivity index (χ4n) is 3.09. The first kappa shape index (κ1) is 22.3. The van der Waals surface area contributed by atoms with E-state index in [0.29, 0.717) is 22.7 Å². The number of Topliss-reactive ketones (excluding diaryl/α,β-unsaturated/α-hetero) is 1. The van der Waals surface area contributed by atoms with Crippen LogP contribution in [-0.2, 0) is 27.4 Å². The van der Waals surface area contributed by atoms with Gasteiger partial charge in [-0.3, -0.25) is 9.59 Å². The smallest absolute Gasteiger partial charge is 0.305 e. The van der Waals surface area contributed by atoms with Crippen LogP contribution in [0.15, 0.2) is 61.1 Å². The number of halogens is 3. The number of aromatic nitrogens is 2. The molecule has 0 aliphatic rings. The number of hydrogen-bond donors (Lipinski definition) is 0. The zero-order valence-electron chi connectivity index (χ0n) is 16.1. The molecule has 0 radical (unpaired) electrons. The van der Waals surface area contributed by atoms with E-state index in [1.54, 1.807) is 41.4 Å². The van der Waals surface area contributed by atoms with Gasteiger partial charge >= 0.3 is 5.97 Å². The summed E-state index contributed by atoms with van der Waals surface area (Å²) in [5, 5.41) is 0.666. The largest absolute Gasteiger partial charge is 0.469 e. The molecule has 1 unspecified atom stereocenters. The number of benzene rings is 2. The van der Waals surface area contributed by atoms with E-state index in [4.69, 9.17) is 34.8 Å². The number of esters is 1. The van der Waals surface area contributed by atoms with Crippen molar-refractivity contribution in [2.45, 2.75) is 24.3 Å². The highest BCUT2D eigenvalue weighted by Gasteiger charge is 2.40. The number of alkyl halides is 1. The highest BCUT2D eigenvalue weighted by Crippen LogP contribution is 2.37. The van der Waals surface area contributed by atoms with Crippen molar-refractivity contribution in [2.75, 3.05) is 7.11 Å². The SMILES string of the molecule is COC(=O)CCc1cn(CC(Cl)(C(=O)c2ccc(Cl)cc2Cl)c2ccccc2)cn1. The number of imidazole rings is 1. The third-order valence-electron chi connectivity index (χ3n) is 4.67. The van der Waals surface area contributed by atoms with E-state index in [9.17, 15) is 9.59 Å². The van der Waals surface area contributed by atoms with Crippen LogP contribution in [0.2, 0.25) is 10.0 Å². The molecule has 0 N–H and O–H groups in total. The fourth-order valence-corrected chi connectivity index (χ4v) is 3.95. The minimum absolute atomic E-state index is 0.127. The van der Waals surface area contributed by atoms with Crippen LogP contribution in [0.25, 0.3) is 0 Å². The summed E-state index contributed by atoms with van der Waals surface area (Å²) in [6, 6.07) is 13.8. The second-order valence-corrected chi connectivity index (χ2v) is 8.22. The van der Waals surface area contributed by atoms with Gasteiger partial charge in [0.2, 0.25) is 0 Å². The highest BCUT2D eigenvalue weighted by molar-refractivity contribution is 6.42. The van der Waals surface area contributed by atoms with Crippen molar-refractivity contribution < 1.29 is 14.3 Å². The van der Waals surface area contributed by atoms with Crippen LogP contribution < -0.4 is 0 Å². The number of ketones is 1. The number of rotatable bonds is 8. The summed E-state index contributed by atoms with van der Waals surface area (Å²) in [7, 11) is 1.34.